The molecule has 140 valence electrons. The van der Waals surface area contributed by atoms with Gasteiger partial charge in [0.05, 0.1) is 18.2 Å². The third-order valence-electron chi connectivity index (χ3n) is 4.65. The van der Waals surface area contributed by atoms with E-state index in [0.717, 1.165) is 17.7 Å². The maximum Gasteiger partial charge on any atom is 0.416 e. The van der Waals surface area contributed by atoms with Gasteiger partial charge in [-0.05, 0) is 44.0 Å². The molecule has 2 aromatic carbocycles. The SMILES string of the molecule is CC(C)(C)N(O)[C@H](c1ccc(C(F)(F)F)cc1)[C@@]1(c2ccccc2)CO1. The van der Waals surface area contributed by atoms with E-state index in [4.69, 9.17) is 4.74 Å². The maximum absolute atomic E-state index is 12.9. The van der Waals surface area contributed by atoms with E-state index < -0.39 is 28.9 Å². The summed E-state index contributed by atoms with van der Waals surface area (Å²) in [6.45, 7) is 5.90. The van der Waals surface area contributed by atoms with Crippen LogP contribution in [0.4, 0.5) is 13.2 Å². The summed E-state index contributed by atoms with van der Waals surface area (Å²) in [5.74, 6) is 0. The summed E-state index contributed by atoms with van der Waals surface area (Å²) in [5, 5.41) is 12.1. The average molecular weight is 365 g/mol. The van der Waals surface area contributed by atoms with Crippen molar-refractivity contribution in [1.82, 2.24) is 5.06 Å². The first-order chi connectivity index (χ1) is 12.1. The van der Waals surface area contributed by atoms with E-state index in [1.807, 2.05) is 51.1 Å². The standard InChI is InChI=1S/C20H22F3NO2/c1-18(2,3)24(25)17(14-9-11-16(12-10-14)20(21,22)23)19(13-26-19)15-7-5-4-6-8-15/h4-12,17,25H,13H2,1-3H3/t17-,19+/m1/s1. The Kier molecular flexibility index (Phi) is 4.63. The van der Waals surface area contributed by atoms with E-state index in [-0.39, 0.29) is 0 Å². The first kappa shape index (κ1) is 18.9. The second kappa shape index (κ2) is 6.37. The summed E-state index contributed by atoms with van der Waals surface area (Å²) < 4.78 is 44.5. The van der Waals surface area contributed by atoms with Gasteiger partial charge in [-0.1, -0.05) is 42.5 Å². The first-order valence-corrected chi connectivity index (χ1v) is 8.40. The Hall–Kier alpha value is -1.89. The molecule has 26 heavy (non-hydrogen) atoms. The van der Waals surface area contributed by atoms with Crippen molar-refractivity contribution >= 4 is 0 Å². The largest absolute Gasteiger partial charge is 0.416 e. The molecule has 2 atom stereocenters. The molecule has 1 N–H and O–H groups in total. The maximum atomic E-state index is 12.9. The van der Waals surface area contributed by atoms with Gasteiger partial charge in [0, 0.05) is 5.54 Å². The van der Waals surface area contributed by atoms with Gasteiger partial charge in [0.1, 0.15) is 5.60 Å². The van der Waals surface area contributed by atoms with Gasteiger partial charge in [0.25, 0.3) is 0 Å². The Balaban J connectivity index is 2.06. The third-order valence-corrected chi connectivity index (χ3v) is 4.65. The molecule has 3 rings (SSSR count). The number of nitrogens with zero attached hydrogens (tertiary/aromatic N) is 1. The summed E-state index contributed by atoms with van der Waals surface area (Å²) in [6.07, 6.45) is -4.40. The van der Waals surface area contributed by atoms with Crippen molar-refractivity contribution in [2.45, 2.75) is 44.1 Å². The second-order valence-electron chi connectivity index (χ2n) is 7.58. The van der Waals surface area contributed by atoms with Crippen LogP contribution in [0.1, 0.15) is 43.5 Å². The van der Waals surface area contributed by atoms with Crippen LogP contribution in [0.3, 0.4) is 0 Å². The number of hydroxylamine groups is 2. The van der Waals surface area contributed by atoms with Crippen molar-refractivity contribution in [2.75, 3.05) is 6.61 Å². The molecule has 1 heterocycles. The second-order valence-corrected chi connectivity index (χ2v) is 7.58. The zero-order chi connectivity index (χ0) is 19.2. The van der Waals surface area contributed by atoms with Crippen LogP contribution in [0.2, 0.25) is 0 Å². The minimum atomic E-state index is -4.40. The molecule has 0 aromatic heterocycles. The van der Waals surface area contributed by atoms with Crippen molar-refractivity contribution in [3.8, 4) is 0 Å². The van der Waals surface area contributed by atoms with Gasteiger partial charge in [-0.2, -0.15) is 18.2 Å². The van der Waals surface area contributed by atoms with Gasteiger partial charge in [-0.15, -0.1) is 0 Å². The smallest absolute Gasteiger partial charge is 0.362 e. The van der Waals surface area contributed by atoms with Crippen LogP contribution in [0.5, 0.6) is 0 Å². The Labute approximate surface area is 151 Å². The van der Waals surface area contributed by atoms with Crippen LogP contribution in [-0.4, -0.2) is 22.4 Å². The van der Waals surface area contributed by atoms with Gasteiger partial charge < -0.3 is 9.94 Å². The Morgan fingerprint density at radius 1 is 1.00 bits per heavy atom. The molecular weight excluding hydrogens is 343 g/mol. The van der Waals surface area contributed by atoms with Gasteiger partial charge in [0.15, 0.2) is 0 Å². The number of rotatable bonds is 4. The van der Waals surface area contributed by atoms with Gasteiger partial charge in [-0.3, -0.25) is 0 Å². The van der Waals surface area contributed by atoms with E-state index in [0.29, 0.717) is 12.2 Å². The highest BCUT2D eigenvalue weighted by Gasteiger charge is 2.57. The molecule has 0 spiro atoms. The van der Waals surface area contributed by atoms with E-state index >= 15 is 0 Å². The van der Waals surface area contributed by atoms with E-state index in [9.17, 15) is 18.4 Å². The lowest BCUT2D eigenvalue weighted by atomic mass is 9.85. The fraction of sp³-hybridized carbons (Fsp3) is 0.400. The Morgan fingerprint density at radius 3 is 1.96 bits per heavy atom. The lowest BCUT2D eigenvalue weighted by molar-refractivity contribution is -0.205. The number of epoxide rings is 1. The highest BCUT2D eigenvalue weighted by Crippen LogP contribution is 2.52. The molecule has 0 amide bonds. The van der Waals surface area contributed by atoms with Crippen LogP contribution in [0.25, 0.3) is 0 Å². The predicted molar refractivity (Wildman–Crippen MR) is 91.6 cm³/mol. The summed E-state index contributed by atoms with van der Waals surface area (Å²) >= 11 is 0. The molecule has 1 fully saturated rings. The molecule has 0 bridgehead atoms. The molecule has 0 aliphatic carbocycles. The number of hydrogen-bond acceptors (Lipinski definition) is 3. The van der Waals surface area contributed by atoms with Gasteiger partial charge in [-0.25, -0.2) is 0 Å². The van der Waals surface area contributed by atoms with Crippen molar-refractivity contribution < 1.29 is 23.1 Å². The molecular formula is C20H22F3NO2. The summed E-state index contributed by atoms with van der Waals surface area (Å²) in [7, 11) is 0. The molecule has 0 saturated carbocycles. The number of ether oxygens (including phenoxy) is 1. The van der Waals surface area contributed by atoms with Crippen molar-refractivity contribution in [2.24, 2.45) is 0 Å². The molecule has 1 aliphatic heterocycles. The monoisotopic (exact) mass is 365 g/mol. The molecule has 1 aliphatic rings. The minimum Gasteiger partial charge on any atom is -0.362 e. The Morgan fingerprint density at radius 2 is 1.54 bits per heavy atom. The van der Waals surface area contributed by atoms with Crippen LogP contribution >= 0.6 is 0 Å². The van der Waals surface area contributed by atoms with Gasteiger partial charge in [0.2, 0.25) is 0 Å². The van der Waals surface area contributed by atoms with Gasteiger partial charge >= 0.3 is 6.18 Å². The van der Waals surface area contributed by atoms with Crippen molar-refractivity contribution in [3.63, 3.8) is 0 Å². The van der Waals surface area contributed by atoms with E-state index in [1.54, 1.807) is 0 Å². The molecule has 6 heteroatoms. The van der Waals surface area contributed by atoms with Crippen molar-refractivity contribution in [1.29, 1.82) is 0 Å². The fourth-order valence-corrected chi connectivity index (χ4v) is 3.13. The number of hydrogen-bond donors (Lipinski definition) is 1. The molecule has 1 saturated heterocycles. The summed E-state index contributed by atoms with van der Waals surface area (Å²) in [5.41, 5.74) is -0.680. The van der Waals surface area contributed by atoms with Crippen molar-refractivity contribution in [3.05, 3.63) is 71.3 Å². The minimum absolute atomic E-state index is 0.385. The van der Waals surface area contributed by atoms with E-state index in [2.05, 4.69) is 0 Å². The van der Waals surface area contributed by atoms with Crippen LogP contribution in [0, 0.1) is 0 Å². The predicted octanol–water partition coefficient (Wildman–Crippen LogP) is 5.16. The first-order valence-electron chi connectivity index (χ1n) is 8.40. The highest BCUT2D eigenvalue weighted by atomic mass is 19.4. The summed E-state index contributed by atoms with van der Waals surface area (Å²) in [4.78, 5) is 0. The lowest BCUT2D eigenvalue weighted by Crippen LogP contribution is -2.46. The zero-order valence-corrected chi connectivity index (χ0v) is 14.9. The number of alkyl halides is 3. The Bertz CT molecular complexity index is 747. The lowest BCUT2D eigenvalue weighted by Gasteiger charge is -2.39. The average Bonchev–Trinajstić information content (AvgIpc) is 3.36. The highest BCUT2D eigenvalue weighted by molar-refractivity contribution is 5.36. The van der Waals surface area contributed by atoms with E-state index in [1.165, 1.54) is 17.2 Å². The number of benzene rings is 2. The number of halogens is 3. The topological polar surface area (TPSA) is 36.0 Å². The molecule has 0 radical (unpaired) electrons. The molecule has 3 nitrogen and oxygen atoms in total. The van der Waals surface area contributed by atoms with Crippen LogP contribution < -0.4 is 0 Å². The third kappa shape index (κ3) is 3.49. The zero-order valence-electron chi connectivity index (χ0n) is 14.9. The molecule has 2 aromatic rings. The molecule has 0 unspecified atom stereocenters. The van der Waals surface area contributed by atoms with Crippen LogP contribution in [-0.2, 0) is 16.5 Å². The quantitative estimate of drug-likeness (QED) is 0.600. The summed E-state index contributed by atoms with van der Waals surface area (Å²) in [6, 6.07) is 13.7. The normalized spacial score (nSPS) is 21.7. The van der Waals surface area contributed by atoms with Crippen LogP contribution in [0.15, 0.2) is 54.6 Å². The fourth-order valence-electron chi connectivity index (χ4n) is 3.13.